The van der Waals surface area contributed by atoms with Crippen LogP contribution in [0.2, 0.25) is 43.8 Å². The molecule has 11 heteroatoms. The fraction of sp³-hybridized carbons (Fsp3) is 0.822. The lowest BCUT2D eigenvalue weighted by molar-refractivity contribution is -0.338. The Morgan fingerprint density at radius 1 is 1.05 bits per heavy atom. The topological polar surface area (TPSA) is 110 Å². The maximum absolute atomic E-state index is 13.5. The van der Waals surface area contributed by atoms with E-state index < -0.39 is 57.8 Å². The third-order valence-corrected chi connectivity index (χ3v) is 19.5. The van der Waals surface area contributed by atoms with Crippen LogP contribution in [0.3, 0.4) is 0 Å². The maximum atomic E-state index is 13.5. The summed E-state index contributed by atoms with van der Waals surface area (Å²) in [7, 11) is -1.89. The van der Waals surface area contributed by atoms with E-state index in [4.69, 9.17) is 28.1 Å². The van der Waals surface area contributed by atoms with Gasteiger partial charge in [0.25, 0.3) is 0 Å². The molecular weight excluding hydrogens is 741 g/mol. The molecule has 11 atom stereocenters. The van der Waals surface area contributed by atoms with Gasteiger partial charge in [0, 0.05) is 28.0 Å². The number of esters is 2. The van der Waals surface area contributed by atoms with Gasteiger partial charge in [-0.3, -0.25) is 4.79 Å². The molecule has 3 saturated heterocycles. The fourth-order valence-corrected chi connectivity index (χ4v) is 11.1. The summed E-state index contributed by atoms with van der Waals surface area (Å²) in [5.41, 5.74) is -0.512. The van der Waals surface area contributed by atoms with Gasteiger partial charge < -0.3 is 33.2 Å². The van der Waals surface area contributed by atoms with Crippen molar-refractivity contribution in [3.8, 4) is 0 Å². The van der Waals surface area contributed by atoms with Crippen molar-refractivity contribution in [2.24, 2.45) is 29.6 Å². The van der Waals surface area contributed by atoms with Crippen LogP contribution in [-0.4, -0.2) is 89.1 Å². The number of carbonyl (C=O) groups excluding carboxylic acids is 2. The molecule has 1 saturated carbocycles. The molecule has 9 nitrogen and oxygen atoms in total. The Hall–Kier alpha value is -1.61. The van der Waals surface area contributed by atoms with Crippen molar-refractivity contribution in [3.05, 3.63) is 35.5 Å². The number of aliphatic hydroxyl groups is 1. The van der Waals surface area contributed by atoms with Crippen LogP contribution in [0.4, 0.5) is 0 Å². The Bertz CT molecular complexity index is 1460. The molecule has 3 aliphatic heterocycles. The molecule has 5 unspecified atom stereocenters. The summed E-state index contributed by atoms with van der Waals surface area (Å²) in [6.07, 6.45) is 12.0. The van der Waals surface area contributed by atoms with Gasteiger partial charge in [0.2, 0.25) is 0 Å². The van der Waals surface area contributed by atoms with E-state index in [-0.39, 0.29) is 40.8 Å². The van der Waals surface area contributed by atoms with Crippen LogP contribution in [0, 0.1) is 29.6 Å². The van der Waals surface area contributed by atoms with E-state index in [0.29, 0.717) is 24.9 Å². The summed E-state index contributed by atoms with van der Waals surface area (Å²) in [6, 6.07) is 0.823. The van der Waals surface area contributed by atoms with Gasteiger partial charge in [-0.2, -0.15) is 0 Å². The molecule has 1 spiro atoms. The lowest BCUT2D eigenvalue weighted by Crippen LogP contribution is -2.61. The monoisotopic (exact) mass is 819 g/mol. The highest BCUT2D eigenvalue weighted by Crippen LogP contribution is 2.50. The van der Waals surface area contributed by atoms with E-state index in [9.17, 15) is 14.7 Å². The van der Waals surface area contributed by atoms with Gasteiger partial charge in [0.15, 0.2) is 20.2 Å². The molecular formula is C45H78O9Si2. The molecule has 0 aromatic rings. The van der Waals surface area contributed by atoms with Gasteiger partial charge >= 0.3 is 11.9 Å². The molecule has 4 aliphatic rings. The first-order valence-corrected chi connectivity index (χ1v) is 28.1. The quantitative estimate of drug-likeness (QED) is 0.0793. The van der Waals surface area contributed by atoms with Gasteiger partial charge in [-0.1, -0.05) is 98.8 Å². The molecule has 0 radical (unpaired) electrons. The van der Waals surface area contributed by atoms with Crippen LogP contribution in [0.15, 0.2) is 35.5 Å². The summed E-state index contributed by atoms with van der Waals surface area (Å²) in [6.45, 7) is 31.6. The minimum atomic E-state index is -2.00. The van der Waals surface area contributed by atoms with Crippen molar-refractivity contribution in [2.45, 2.75) is 193 Å². The number of allylic oxidation sites excluding steroid dienone is 4. The normalized spacial score (nSPS) is 36.0. The Balaban J connectivity index is 1.47. The summed E-state index contributed by atoms with van der Waals surface area (Å²) in [5.74, 6) is -1.72. The molecule has 1 N–H and O–H groups in total. The Morgan fingerprint density at radius 2 is 1.73 bits per heavy atom. The first kappa shape index (κ1) is 47.1. The average Bonchev–Trinajstić information content (AvgIpc) is 3.32. The van der Waals surface area contributed by atoms with E-state index in [2.05, 4.69) is 94.2 Å². The minimum Gasteiger partial charge on any atom is -0.466 e. The van der Waals surface area contributed by atoms with Gasteiger partial charge in [0.05, 0.1) is 42.5 Å². The molecule has 0 aromatic heterocycles. The smallest absolute Gasteiger partial charge is 0.337 e. The van der Waals surface area contributed by atoms with Crippen molar-refractivity contribution in [1.29, 1.82) is 0 Å². The highest BCUT2D eigenvalue weighted by molar-refractivity contribution is 6.76. The van der Waals surface area contributed by atoms with Gasteiger partial charge in [-0.25, -0.2) is 4.79 Å². The third kappa shape index (κ3) is 11.2. The zero-order valence-corrected chi connectivity index (χ0v) is 39.7. The Labute approximate surface area is 341 Å². The van der Waals surface area contributed by atoms with Crippen LogP contribution in [0.5, 0.6) is 0 Å². The van der Waals surface area contributed by atoms with Crippen molar-refractivity contribution in [1.82, 2.24) is 0 Å². The van der Waals surface area contributed by atoms with E-state index in [1.165, 1.54) is 5.57 Å². The van der Waals surface area contributed by atoms with Crippen molar-refractivity contribution < 1.29 is 42.8 Å². The molecule has 3 heterocycles. The lowest BCUT2D eigenvalue weighted by atomic mass is 9.66. The number of fused-ring (bicyclic) bond motifs is 1. The maximum Gasteiger partial charge on any atom is 0.337 e. The molecule has 0 aromatic carbocycles. The summed E-state index contributed by atoms with van der Waals surface area (Å²) < 4.78 is 38.1. The highest BCUT2D eigenvalue weighted by atomic mass is 28.4. The Kier molecular flexibility index (Phi) is 15.4. The summed E-state index contributed by atoms with van der Waals surface area (Å²) >= 11 is 0. The second kappa shape index (κ2) is 18.3. The predicted molar refractivity (Wildman–Crippen MR) is 228 cm³/mol. The molecule has 0 amide bonds. The van der Waals surface area contributed by atoms with Crippen molar-refractivity contribution in [3.63, 3.8) is 0 Å². The average molecular weight is 819 g/mol. The number of carbonyl (C=O) groups is 2. The SMILES string of the molecule is COC1C(C)CC(C(=O)OCC[Si](C)(C)C)C2(O)/C(=C/C=C/[C@H](C)C/C(C)=C/C[C@@H]3C[C@H](O[Si](C)(C)C(C)(C)C)C[C@]4(CC[C@H](C)[C@@H](C(C)C)O4)O3)C(=O)OC12. The molecule has 1 aliphatic carbocycles. The zero-order valence-electron chi connectivity index (χ0n) is 37.7. The number of hydrogen-bond donors (Lipinski definition) is 1. The van der Waals surface area contributed by atoms with Crippen LogP contribution in [-0.2, 0) is 37.7 Å². The second-order valence-electron chi connectivity index (χ2n) is 21.0. The number of methoxy groups -OCH3 is 1. The van der Waals surface area contributed by atoms with Crippen molar-refractivity contribution >= 4 is 28.3 Å². The first-order valence-electron chi connectivity index (χ1n) is 21.5. The van der Waals surface area contributed by atoms with E-state index in [0.717, 1.165) is 44.6 Å². The second-order valence-corrected chi connectivity index (χ2v) is 31.3. The summed E-state index contributed by atoms with van der Waals surface area (Å²) in [4.78, 5) is 26.8. The molecule has 320 valence electrons. The van der Waals surface area contributed by atoms with Crippen molar-refractivity contribution in [2.75, 3.05) is 13.7 Å². The largest absolute Gasteiger partial charge is 0.466 e. The summed E-state index contributed by atoms with van der Waals surface area (Å²) in [5, 5.41) is 12.4. The molecule has 4 fully saturated rings. The van der Waals surface area contributed by atoms with Crippen LogP contribution >= 0.6 is 0 Å². The third-order valence-electron chi connectivity index (χ3n) is 13.3. The van der Waals surface area contributed by atoms with Gasteiger partial charge in [0.1, 0.15) is 5.60 Å². The minimum absolute atomic E-state index is 0.00310. The van der Waals surface area contributed by atoms with E-state index in [1.807, 2.05) is 19.1 Å². The molecule has 0 bridgehead atoms. The highest BCUT2D eigenvalue weighted by Gasteiger charge is 2.66. The predicted octanol–water partition coefficient (Wildman–Crippen LogP) is 9.78. The van der Waals surface area contributed by atoms with Crippen LogP contribution in [0.25, 0.3) is 0 Å². The van der Waals surface area contributed by atoms with Gasteiger partial charge in [-0.05, 0) is 93.0 Å². The molecule has 4 rings (SSSR count). The zero-order chi connectivity index (χ0) is 42.0. The fourth-order valence-electron chi connectivity index (χ4n) is 9.01. The van der Waals surface area contributed by atoms with E-state index >= 15 is 0 Å². The first-order chi connectivity index (χ1) is 25.8. The Morgan fingerprint density at radius 3 is 2.34 bits per heavy atom. The number of ether oxygens (including phenoxy) is 5. The number of hydrogen-bond acceptors (Lipinski definition) is 9. The van der Waals surface area contributed by atoms with Crippen LogP contribution < -0.4 is 0 Å². The standard InChI is InChI=1S/C45H78O9Si2/c1-29(2)38-32(5)21-22-44(53-38)28-35(54-56(14,15)43(7,8)9)27-34(52-44)20-19-31(4)25-30(3)17-16-18-36-42(47)51-40-39(49-10)33(6)26-37(45(36,40)48)41(46)50-23-24-55(11,12)13/h16-19,29-30,32-35,37-40,48H,20-28H2,1-15H3/b17-16+,31-19+,36-18+/t30-,32-,33?,34+,35-,37?,38+,39?,40?,44+,45?/m0/s1. The number of rotatable bonds is 14. The lowest BCUT2D eigenvalue weighted by Gasteiger charge is -2.52. The molecule has 56 heavy (non-hydrogen) atoms. The van der Waals surface area contributed by atoms with Crippen LogP contribution in [0.1, 0.15) is 107 Å². The van der Waals surface area contributed by atoms with Gasteiger partial charge in [-0.15, -0.1) is 0 Å². The van der Waals surface area contributed by atoms with E-state index in [1.54, 1.807) is 13.2 Å².